The summed E-state index contributed by atoms with van der Waals surface area (Å²) in [4.78, 5) is 12.2. The molecule has 4 nitrogen and oxygen atoms in total. The summed E-state index contributed by atoms with van der Waals surface area (Å²) in [6, 6.07) is 20.4. The molecule has 1 aliphatic carbocycles. The first-order valence-electron chi connectivity index (χ1n) is 10.4. The molecular formula is C26H28O4. The molecule has 3 aromatic rings. The van der Waals surface area contributed by atoms with E-state index in [2.05, 4.69) is 24.3 Å². The Bertz CT molecular complexity index is 992. The molecule has 1 heterocycles. The molecule has 1 aromatic heterocycles. The van der Waals surface area contributed by atoms with Crippen molar-refractivity contribution in [1.29, 1.82) is 0 Å². The molecule has 156 valence electrons. The van der Waals surface area contributed by atoms with E-state index in [0.29, 0.717) is 37.8 Å². The highest BCUT2D eigenvalue weighted by Gasteiger charge is 2.40. The van der Waals surface area contributed by atoms with E-state index in [4.69, 9.17) is 13.9 Å². The number of aryl methyl sites for hydroxylation is 1. The van der Waals surface area contributed by atoms with Crippen LogP contribution >= 0.6 is 0 Å². The number of hydrogen-bond acceptors (Lipinski definition) is 4. The maximum Gasteiger partial charge on any atom is 0.339 e. The Labute approximate surface area is 177 Å². The molecule has 4 heteroatoms. The molecule has 0 spiro atoms. The lowest BCUT2D eigenvalue weighted by Gasteiger charge is -2.29. The van der Waals surface area contributed by atoms with Crippen molar-refractivity contribution in [3.05, 3.63) is 105 Å². The van der Waals surface area contributed by atoms with Crippen LogP contribution in [0.1, 0.15) is 33.6 Å². The highest BCUT2D eigenvalue weighted by atomic mass is 16.5. The predicted octanol–water partition coefficient (Wildman–Crippen LogP) is 4.78. The maximum absolute atomic E-state index is 12.2. The monoisotopic (exact) mass is 404 g/mol. The first-order chi connectivity index (χ1) is 14.6. The Morgan fingerprint density at radius 2 is 1.30 bits per heavy atom. The number of fused-ring (bicyclic) bond motifs is 1. The highest BCUT2D eigenvalue weighted by Crippen LogP contribution is 2.40. The van der Waals surface area contributed by atoms with Gasteiger partial charge in [-0.2, -0.15) is 0 Å². The van der Waals surface area contributed by atoms with Gasteiger partial charge < -0.3 is 13.9 Å². The smallest absolute Gasteiger partial charge is 0.339 e. The van der Waals surface area contributed by atoms with Gasteiger partial charge in [0.1, 0.15) is 5.76 Å². The second-order valence-electron chi connectivity index (χ2n) is 8.34. The summed E-state index contributed by atoms with van der Waals surface area (Å²) >= 11 is 0. The van der Waals surface area contributed by atoms with E-state index in [1.54, 1.807) is 0 Å². The summed E-state index contributed by atoms with van der Waals surface area (Å²) in [7, 11) is 0. The zero-order valence-electron chi connectivity index (χ0n) is 17.6. The van der Waals surface area contributed by atoms with Gasteiger partial charge in [-0.25, -0.2) is 4.79 Å². The fourth-order valence-corrected chi connectivity index (χ4v) is 4.29. The number of ether oxygens (including phenoxy) is 2. The normalized spacial score (nSPS) is 14.6. The zero-order valence-corrected chi connectivity index (χ0v) is 17.6. The average molecular weight is 405 g/mol. The van der Waals surface area contributed by atoms with Crippen molar-refractivity contribution in [2.75, 3.05) is 13.2 Å². The molecule has 0 N–H and O–H groups in total. The maximum atomic E-state index is 12.2. The minimum atomic E-state index is -0.238. The third-order valence-electron chi connectivity index (χ3n) is 5.94. The summed E-state index contributed by atoms with van der Waals surface area (Å²) in [6.07, 6.45) is 1.56. The van der Waals surface area contributed by atoms with Gasteiger partial charge in [0, 0.05) is 11.0 Å². The van der Waals surface area contributed by atoms with Gasteiger partial charge in [-0.05, 0) is 48.9 Å². The van der Waals surface area contributed by atoms with E-state index in [-0.39, 0.29) is 11.0 Å². The van der Waals surface area contributed by atoms with Gasteiger partial charge in [-0.1, -0.05) is 60.7 Å². The van der Waals surface area contributed by atoms with E-state index >= 15 is 0 Å². The van der Waals surface area contributed by atoms with E-state index in [1.165, 1.54) is 0 Å². The molecule has 0 saturated heterocycles. The van der Waals surface area contributed by atoms with Gasteiger partial charge in [0.15, 0.2) is 0 Å². The number of rotatable bonds is 8. The minimum absolute atomic E-state index is 0.204. The third kappa shape index (κ3) is 4.55. The van der Waals surface area contributed by atoms with Crippen molar-refractivity contribution >= 4 is 0 Å². The fourth-order valence-electron chi connectivity index (χ4n) is 4.29. The summed E-state index contributed by atoms with van der Waals surface area (Å²) in [5, 5.41) is 0. The van der Waals surface area contributed by atoms with Gasteiger partial charge in [0.2, 0.25) is 0 Å². The van der Waals surface area contributed by atoms with E-state index in [1.807, 2.05) is 50.2 Å². The summed E-state index contributed by atoms with van der Waals surface area (Å²) in [5.74, 6) is 0.716. The number of hydrogen-bond donors (Lipinski definition) is 0. The molecule has 0 aliphatic heterocycles. The Morgan fingerprint density at radius 3 is 1.83 bits per heavy atom. The molecule has 2 aromatic carbocycles. The molecule has 30 heavy (non-hydrogen) atoms. The van der Waals surface area contributed by atoms with Crippen molar-refractivity contribution < 1.29 is 13.9 Å². The van der Waals surface area contributed by atoms with Crippen molar-refractivity contribution in [2.45, 2.75) is 39.9 Å². The second kappa shape index (κ2) is 8.99. The van der Waals surface area contributed by atoms with Crippen LogP contribution in [-0.4, -0.2) is 13.2 Å². The second-order valence-corrected chi connectivity index (χ2v) is 8.34. The third-order valence-corrected chi connectivity index (χ3v) is 5.94. The lowest BCUT2D eigenvalue weighted by Crippen LogP contribution is -2.33. The van der Waals surface area contributed by atoms with Crippen LogP contribution in [0, 0.1) is 19.3 Å². The Balaban J connectivity index is 1.50. The van der Waals surface area contributed by atoms with Crippen molar-refractivity contribution in [1.82, 2.24) is 0 Å². The van der Waals surface area contributed by atoms with Crippen LogP contribution in [0.3, 0.4) is 0 Å². The number of benzene rings is 2. The van der Waals surface area contributed by atoms with Crippen molar-refractivity contribution in [2.24, 2.45) is 5.41 Å². The predicted molar refractivity (Wildman–Crippen MR) is 116 cm³/mol. The first-order valence-corrected chi connectivity index (χ1v) is 10.4. The zero-order chi connectivity index (χ0) is 21.0. The minimum Gasteiger partial charge on any atom is -0.428 e. The average Bonchev–Trinajstić information content (AvgIpc) is 3.14. The summed E-state index contributed by atoms with van der Waals surface area (Å²) in [5.41, 5.74) is 4.82. The molecule has 0 fully saturated rings. The van der Waals surface area contributed by atoms with Crippen LogP contribution in [0.5, 0.6) is 0 Å². The van der Waals surface area contributed by atoms with Gasteiger partial charge in [0.05, 0.1) is 26.4 Å². The van der Waals surface area contributed by atoms with E-state index in [0.717, 1.165) is 35.1 Å². The van der Waals surface area contributed by atoms with E-state index < -0.39 is 0 Å². The quantitative estimate of drug-likeness (QED) is 0.542. The molecule has 0 unspecified atom stereocenters. The molecule has 0 atom stereocenters. The Morgan fingerprint density at radius 1 is 0.800 bits per heavy atom. The van der Waals surface area contributed by atoms with Crippen LogP contribution in [0.2, 0.25) is 0 Å². The van der Waals surface area contributed by atoms with E-state index in [9.17, 15) is 4.79 Å². The lowest BCUT2D eigenvalue weighted by molar-refractivity contribution is -0.0281. The van der Waals surface area contributed by atoms with Crippen LogP contribution in [0.25, 0.3) is 0 Å². The Hall–Kier alpha value is -2.69. The van der Waals surface area contributed by atoms with Crippen molar-refractivity contribution in [3.8, 4) is 0 Å². The van der Waals surface area contributed by atoms with Crippen LogP contribution in [0.4, 0.5) is 0 Å². The van der Waals surface area contributed by atoms with Gasteiger partial charge in [0.25, 0.3) is 0 Å². The topological polar surface area (TPSA) is 48.7 Å². The van der Waals surface area contributed by atoms with Crippen LogP contribution < -0.4 is 5.63 Å². The highest BCUT2D eigenvalue weighted by molar-refractivity contribution is 5.40. The van der Waals surface area contributed by atoms with Gasteiger partial charge in [-0.3, -0.25) is 0 Å². The van der Waals surface area contributed by atoms with Crippen molar-refractivity contribution in [3.63, 3.8) is 0 Å². The molecule has 0 saturated carbocycles. The molecule has 1 aliphatic rings. The molecule has 0 amide bonds. The summed E-state index contributed by atoms with van der Waals surface area (Å²) < 4.78 is 17.8. The summed E-state index contributed by atoms with van der Waals surface area (Å²) in [6.45, 7) is 6.00. The molecule has 0 bridgehead atoms. The first kappa shape index (κ1) is 20.6. The molecular weight excluding hydrogens is 376 g/mol. The van der Waals surface area contributed by atoms with Gasteiger partial charge >= 0.3 is 5.63 Å². The fraction of sp³-hybridized carbons (Fsp3) is 0.346. The standard InChI is InChI=1S/C26H28O4/c1-19-23-13-26(14-24(23)20(2)30-25(19)27,17-28-15-21-9-5-3-6-10-21)18-29-16-22-11-7-4-8-12-22/h3-12H,13-18H2,1-2H3. The van der Waals surface area contributed by atoms with Crippen LogP contribution in [0.15, 0.2) is 69.9 Å². The SMILES string of the molecule is Cc1oc(=O)c(C)c2c1CC(COCc1ccccc1)(COCc1ccccc1)C2. The molecule has 4 rings (SSSR count). The lowest BCUT2D eigenvalue weighted by atomic mass is 9.86. The Kier molecular flexibility index (Phi) is 6.16. The van der Waals surface area contributed by atoms with Crippen LogP contribution in [-0.2, 0) is 35.5 Å². The van der Waals surface area contributed by atoms with Gasteiger partial charge in [-0.15, -0.1) is 0 Å². The largest absolute Gasteiger partial charge is 0.428 e. The molecule has 0 radical (unpaired) electrons.